The summed E-state index contributed by atoms with van der Waals surface area (Å²) < 4.78 is 9.39. The molecule has 0 aliphatic rings. The Kier molecular flexibility index (Phi) is 7.84. The fraction of sp³-hybridized carbons (Fsp3) is 0.643. The molecular weight excluding hydrogens is 328 g/mol. The van der Waals surface area contributed by atoms with E-state index in [9.17, 15) is 34.2 Å². The molecule has 0 spiro atoms. The van der Waals surface area contributed by atoms with Crippen molar-refractivity contribution in [3.63, 3.8) is 0 Å². The molecule has 0 rings (SSSR count). The van der Waals surface area contributed by atoms with Crippen molar-refractivity contribution in [2.24, 2.45) is 0 Å². The van der Waals surface area contributed by atoms with Gasteiger partial charge in [0.1, 0.15) is 6.10 Å². The van der Waals surface area contributed by atoms with Crippen molar-refractivity contribution in [3.8, 4) is 0 Å². The van der Waals surface area contributed by atoms with Crippen molar-refractivity contribution < 1.29 is 48.8 Å². The number of aliphatic hydroxyl groups is 3. The first-order valence-corrected chi connectivity index (χ1v) is 6.81. The van der Waals surface area contributed by atoms with Crippen LogP contribution in [-0.4, -0.2) is 75.1 Å². The first kappa shape index (κ1) is 21.8. The van der Waals surface area contributed by atoms with Crippen molar-refractivity contribution in [3.05, 3.63) is 0 Å². The average molecular weight is 348 g/mol. The molecule has 0 amide bonds. The molecule has 24 heavy (non-hydrogen) atoms. The molecule has 4 atom stereocenters. The summed E-state index contributed by atoms with van der Waals surface area (Å²) in [7, 11) is 0. The van der Waals surface area contributed by atoms with Gasteiger partial charge < -0.3 is 24.8 Å². The van der Waals surface area contributed by atoms with Crippen LogP contribution >= 0.6 is 0 Å². The van der Waals surface area contributed by atoms with Gasteiger partial charge in [0, 0.05) is 20.8 Å². The lowest BCUT2D eigenvalue weighted by Crippen LogP contribution is -2.65. The smallest absolute Gasteiger partial charge is 0.303 e. The van der Waals surface area contributed by atoms with E-state index in [0.717, 1.165) is 27.7 Å². The Morgan fingerprint density at radius 3 is 1.71 bits per heavy atom. The van der Waals surface area contributed by atoms with E-state index < -0.39 is 59.8 Å². The minimum atomic E-state index is -3.20. The minimum Gasteiger partial charge on any atom is -0.456 e. The summed E-state index contributed by atoms with van der Waals surface area (Å²) in [5, 5.41) is 29.3. The Labute approximate surface area is 137 Å². The summed E-state index contributed by atoms with van der Waals surface area (Å²) >= 11 is 0. The van der Waals surface area contributed by atoms with Gasteiger partial charge in [0.15, 0.2) is 23.8 Å². The molecule has 10 heteroatoms. The summed E-state index contributed by atoms with van der Waals surface area (Å²) in [6.07, 6.45) is -6.13. The standard InChI is InChI=1S/C14H20O10/c1-6(16)12(21)14(22,7(2)17)13(24-9(4)19)11(10(20)5-15)23-8(3)18/h10-11,13,15,20,22H,5H2,1-4H3/t10-,11+,13+,14+/m1/s1. The van der Waals surface area contributed by atoms with Crippen LogP contribution < -0.4 is 0 Å². The Balaban J connectivity index is 6.30. The number of aliphatic hydroxyl groups excluding tert-OH is 2. The number of hydrogen-bond donors (Lipinski definition) is 3. The lowest BCUT2D eigenvalue weighted by molar-refractivity contribution is -0.205. The highest BCUT2D eigenvalue weighted by atomic mass is 16.6. The number of hydrogen-bond acceptors (Lipinski definition) is 10. The molecule has 136 valence electrons. The number of ketones is 3. The minimum absolute atomic E-state index is 0.744. The zero-order valence-electron chi connectivity index (χ0n) is 13.6. The third-order valence-electron chi connectivity index (χ3n) is 3.07. The van der Waals surface area contributed by atoms with Gasteiger partial charge in [-0.3, -0.25) is 24.0 Å². The predicted octanol–water partition coefficient (Wildman–Crippen LogP) is -2.32. The highest BCUT2D eigenvalue weighted by Crippen LogP contribution is 2.25. The van der Waals surface area contributed by atoms with E-state index in [-0.39, 0.29) is 0 Å². The summed E-state index contributed by atoms with van der Waals surface area (Å²) in [4.78, 5) is 57.7. The maximum atomic E-state index is 12.0. The number of carbonyl (C=O) groups is 5. The number of esters is 2. The Morgan fingerprint density at radius 1 is 0.958 bits per heavy atom. The molecule has 0 saturated heterocycles. The quantitative estimate of drug-likeness (QED) is 0.234. The molecule has 10 nitrogen and oxygen atoms in total. The number of Topliss-reactive ketones (excluding diaryl/α,β-unsaturated/α-hetero) is 3. The molecule has 0 aromatic heterocycles. The van der Waals surface area contributed by atoms with Gasteiger partial charge in [0.05, 0.1) is 6.61 Å². The third-order valence-corrected chi connectivity index (χ3v) is 3.07. The highest BCUT2D eigenvalue weighted by molar-refractivity contribution is 6.44. The lowest BCUT2D eigenvalue weighted by Gasteiger charge is -2.37. The number of ether oxygens (including phenoxy) is 2. The van der Waals surface area contributed by atoms with Crippen molar-refractivity contribution in [2.75, 3.05) is 6.61 Å². The number of carbonyl (C=O) groups excluding carboxylic acids is 5. The molecule has 0 bridgehead atoms. The van der Waals surface area contributed by atoms with Crippen LogP contribution in [0.4, 0.5) is 0 Å². The van der Waals surface area contributed by atoms with E-state index in [0.29, 0.717) is 0 Å². The molecule has 0 unspecified atom stereocenters. The molecular formula is C14H20O10. The van der Waals surface area contributed by atoms with Crippen LogP contribution in [0.15, 0.2) is 0 Å². The van der Waals surface area contributed by atoms with Gasteiger partial charge in [-0.2, -0.15) is 0 Å². The van der Waals surface area contributed by atoms with Crippen LogP contribution in [-0.2, 0) is 33.4 Å². The molecule has 0 aliphatic heterocycles. The first-order valence-electron chi connectivity index (χ1n) is 6.81. The van der Waals surface area contributed by atoms with Crippen molar-refractivity contribution in [1.82, 2.24) is 0 Å². The van der Waals surface area contributed by atoms with Crippen molar-refractivity contribution in [1.29, 1.82) is 0 Å². The van der Waals surface area contributed by atoms with Crippen LogP contribution in [0.2, 0.25) is 0 Å². The fourth-order valence-electron chi connectivity index (χ4n) is 1.96. The van der Waals surface area contributed by atoms with Crippen LogP contribution in [0.25, 0.3) is 0 Å². The second-order valence-corrected chi connectivity index (χ2v) is 5.06. The van der Waals surface area contributed by atoms with E-state index in [1.165, 1.54) is 0 Å². The Morgan fingerprint density at radius 2 is 1.42 bits per heavy atom. The van der Waals surface area contributed by atoms with Crippen molar-refractivity contribution in [2.45, 2.75) is 51.6 Å². The molecule has 3 N–H and O–H groups in total. The van der Waals surface area contributed by atoms with Gasteiger partial charge in [-0.15, -0.1) is 0 Å². The van der Waals surface area contributed by atoms with Crippen LogP contribution in [0.1, 0.15) is 27.7 Å². The van der Waals surface area contributed by atoms with Gasteiger partial charge in [0.25, 0.3) is 0 Å². The van der Waals surface area contributed by atoms with E-state index in [2.05, 4.69) is 0 Å². The van der Waals surface area contributed by atoms with E-state index in [4.69, 9.17) is 14.6 Å². The zero-order chi connectivity index (χ0) is 19.2. The second-order valence-electron chi connectivity index (χ2n) is 5.06. The number of rotatable bonds is 9. The van der Waals surface area contributed by atoms with Gasteiger partial charge in [-0.25, -0.2) is 0 Å². The molecule has 0 aromatic carbocycles. The van der Waals surface area contributed by atoms with Gasteiger partial charge in [-0.1, -0.05) is 0 Å². The second kappa shape index (κ2) is 8.62. The van der Waals surface area contributed by atoms with E-state index in [1.807, 2.05) is 0 Å². The summed E-state index contributed by atoms with van der Waals surface area (Å²) in [5.74, 6) is -6.26. The van der Waals surface area contributed by atoms with E-state index >= 15 is 0 Å². The lowest BCUT2D eigenvalue weighted by atomic mass is 9.81. The summed E-state index contributed by atoms with van der Waals surface area (Å²) in [6, 6.07) is 0. The van der Waals surface area contributed by atoms with Gasteiger partial charge in [0.2, 0.25) is 11.4 Å². The van der Waals surface area contributed by atoms with Crippen LogP contribution in [0.5, 0.6) is 0 Å². The average Bonchev–Trinajstić information content (AvgIpc) is 2.47. The van der Waals surface area contributed by atoms with Gasteiger partial charge >= 0.3 is 11.9 Å². The maximum absolute atomic E-state index is 12.0. The topological polar surface area (TPSA) is 164 Å². The predicted molar refractivity (Wildman–Crippen MR) is 75.5 cm³/mol. The highest BCUT2D eigenvalue weighted by Gasteiger charge is 2.57. The molecule has 0 aliphatic carbocycles. The monoisotopic (exact) mass is 348 g/mol. The molecule has 0 aromatic rings. The molecule has 0 radical (unpaired) electrons. The third kappa shape index (κ3) is 4.91. The Hall–Kier alpha value is -2.17. The van der Waals surface area contributed by atoms with Gasteiger partial charge in [-0.05, 0) is 6.92 Å². The first-order chi connectivity index (χ1) is 10.9. The normalized spacial score (nSPS) is 17.0. The molecule has 0 fully saturated rings. The zero-order valence-corrected chi connectivity index (χ0v) is 13.6. The van der Waals surface area contributed by atoms with E-state index in [1.54, 1.807) is 0 Å². The summed E-state index contributed by atoms with van der Waals surface area (Å²) in [6.45, 7) is 2.26. The largest absolute Gasteiger partial charge is 0.456 e. The fourth-order valence-corrected chi connectivity index (χ4v) is 1.96. The Bertz CT molecular complexity index is 540. The SMILES string of the molecule is CC(=O)O[C@@H]([C@H](O)CO)[C@H](OC(C)=O)[C@](O)(C(C)=O)C(=O)C(C)=O. The van der Waals surface area contributed by atoms with Crippen LogP contribution in [0.3, 0.4) is 0 Å². The molecule has 0 saturated carbocycles. The van der Waals surface area contributed by atoms with Crippen LogP contribution in [0, 0.1) is 0 Å². The maximum Gasteiger partial charge on any atom is 0.303 e. The summed E-state index contributed by atoms with van der Waals surface area (Å²) in [5.41, 5.74) is -3.20. The molecule has 0 heterocycles. The van der Waals surface area contributed by atoms with Crippen molar-refractivity contribution >= 4 is 29.3 Å².